The van der Waals surface area contributed by atoms with Crippen molar-refractivity contribution < 1.29 is 33.7 Å². The number of aliphatic hydroxyl groups excluding tert-OH is 1. The van der Waals surface area contributed by atoms with Crippen molar-refractivity contribution >= 4 is 28.6 Å². The fourth-order valence-corrected chi connectivity index (χ4v) is 4.80. The van der Waals surface area contributed by atoms with Crippen molar-refractivity contribution in [3.8, 4) is 0 Å². The zero-order chi connectivity index (χ0) is 26.2. The maximum absolute atomic E-state index is 13.0. The number of hydrogen-bond acceptors (Lipinski definition) is 7. The number of ether oxygens (including phenoxy) is 3. The third kappa shape index (κ3) is 6.76. The van der Waals surface area contributed by atoms with Gasteiger partial charge < -0.3 is 29.5 Å². The van der Waals surface area contributed by atoms with E-state index in [9.17, 15) is 14.4 Å². The van der Waals surface area contributed by atoms with Gasteiger partial charge in [-0.15, -0.1) is 0 Å². The Bertz CT molecular complexity index is 1140. The summed E-state index contributed by atoms with van der Waals surface area (Å²) in [5, 5.41) is 12.7. The summed E-state index contributed by atoms with van der Waals surface area (Å²) in [4.78, 5) is 38.9. The van der Waals surface area contributed by atoms with Crippen LogP contribution in [0.1, 0.15) is 48.9 Å². The number of allylic oxidation sites excluding steroid dienone is 1. The van der Waals surface area contributed by atoms with Gasteiger partial charge in [-0.2, -0.15) is 0 Å². The van der Waals surface area contributed by atoms with Crippen LogP contribution in [0.25, 0.3) is 10.9 Å². The predicted octanol–water partition coefficient (Wildman–Crippen LogP) is 2.17. The molecule has 1 saturated heterocycles. The Labute approximate surface area is 216 Å². The number of para-hydroxylation sites is 1. The summed E-state index contributed by atoms with van der Waals surface area (Å²) in [5.74, 6) is -0.333. The molecule has 37 heavy (non-hydrogen) atoms. The highest BCUT2D eigenvalue weighted by molar-refractivity contribution is 5.95. The topological polar surface area (TPSA) is 119 Å². The first-order chi connectivity index (χ1) is 18.0. The zero-order valence-corrected chi connectivity index (χ0v) is 21.2. The number of nitrogens with zero attached hydrogens (tertiary/aromatic N) is 2. The molecule has 0 saturated carbocycles. The van der Waals surface area contributed by atoms with Crippen molar-refractivity contribution in [1.82, 2.24) is 14.8 Å². The van der Waals surface area contributed by atoms with Crippen molar-refractivity contribution in [3.63, 3.8) is 0 Å². The van der Waals surface area contributed by atoms with Crippen molar-refractivity contribution in [3.05, 3.63) is 47.9 Å². The molecule has 0 radical (unpaired) electrons. The summed E-state index contributed by atoms with van der Waals surface area (Å²) in [7, 11) is 0. The number of carbonyl (C=O) groups is 3. The Balaban J connectivity index is 1.47. The summed E-state index contributed by atoms with van der Waals surface area (Å²) in [6.45, 7) is 4.00. The van der Waals surface area contributed by atoms with Gasteiger partial charge in [-0.25, -0.2) is 0 Å². The Hall–Kier alpha value is -3.21. The number of amides is 2. The van der Waals surface area contributed by atoms with Crippen LogP contribution in [0.3, 0.4) is 0 Å². The van der Waals surface area contributed by atoms with Crippen LogP contribution in [0, 0.1) is 0 Å². The number of fused-ring (bicyclic) bond motifs is 1. The molecule has 0 aliphatic carbocycles. The number of carbonyl (C=O) groups excluding carboxylic acids is 3. The Morgan fingerprint density at radius 2 is 2.05 bits per heavy atom. The molecule has 0 spiro atoms. The van der Waals surface area contributed by atoms with E-state index in [0.29, 0.717) is 32.4 Å². The van der Waals surface area contributed by atoms with E-state index in [2.05, 4.69) is 5.32 Å². The van der Waals surface area contributed by atoms with Gasteiger partial charge in [-0.3, -0.25) is 19.0 Å². The highest BCUT2D eigenvalue weighted by Gasteiger charge is 2.31. The van der Waals surface area contributed by atoms with Crippen LogP contribution in [0.2, 0.25) is 0 Å². The lowest BCUT2D eigenvalue weighted by Gasteiger charge is -2.29. The van der Waals surface area contributed by atoms with E-state index >= 15 is 0 Å². The van der Waals surface area contributed by atoms with Gasteiger partial charge >= 0.3 is 0 Å². The van der Waals surface area contributed by atoms with E-state index in [-0.39, 0.29) is 55.8 Å². The van der Waals surface area contributed by atoms with Crippen molar-refractivity contribution in [2.75, 3.05) is 46.1 Å². The van der Waals surface area contributed by atoms with Crippen LogP contribution in [0.15, 0.2) is 42.3 Å². The maximum Gasteiger partial charge on any atom is 0.286 e. The average Bonchev–Trinajstić information content (AvgIpc) is 3.49. The van der Waals surface area contributed by atoms with Crippen molar-refractivity contribution in [2.24, 2.45) is 0 Å². The molecule has 1 fully saturated rings. The van der Waals surface area contributed by atoms with Crippen LogP contribution in [0.5, 0.6) is 0 Å². The van der Waals surface area contributed by atoms with Crippen LogP contribution in [-0.2, 0) is 23.8 Å². The number of benzene rings is 1. The molecule has 2 atom stereocenters. The SMILES string of the molecule is CC(=O)n1cc([C@H]2C=C(C(=O)NCCCN3CCCC3=O)O[C@@H](OCCOCCO)C2)c2ccccc21. The lowest BCUT2D eigenvalue weighted by molar-refractivity contribution is -0.151. The summed E-state index contributed by atoms with van der Waals surface area (Å²) in [6.07, 6.45) is 5.52. The largest absolute Gasteiger partial charge is 0.459 e. The molecule has 1 aromatic heterocycles. The minimum absolute atomic E-state index is 0.0683. The maximum atomic E-state index is 13.0. The minimum Gasteiger partial charge on any atom is -0.459 e. The lowest BCUT2D eigenvalue weighted by atomic mass is 9.92. The van der Waals surface area contributed by atoms with E-state index in [4.69, 9.17) is 19.3 Å². The molecular formula is C27H35N3O7. The molecule has 10 nitrogen and oxygen atoms in total. The number of nitrogens with one attached hydrogen (secondary N) is 1. The first-order valence-electron chi connectivity index (χ1n) is 12.8. The molecule has 0 unspecified atom stereocenters. The third-order valence-electron chi connectivity index (χ3n) is 6.59. The molecule has 4 rings (SSSR count). The van der Waals surface area contributed by atoms with Gasteiger partial charge in [0.25, 0.3) is 5.91 Å². The van der Waals surface area contributed by atoms with Gasteiger partial charge in [-0.05, 0) is 30.5 Å². The predicted molar refractivity (Wildman–Crippen MR) is 136 cm³/mol. The summed E-state index contributed by atoms with van der Waals surface area (Å²) < 4.78 is 18.7. The van der Waals surface area contributed by atoms with E-state index in [1.165, 1.54) is 6.92 Å². The lowest BCUT2D eigenvalue weighted by Crippen LogP contribution is -2.35. The summed E-state index contributed by atoms with van der Waals surface area (Å²) >= 11 is 0. The van der Waals surface area contributed by atoms with E-state index in [0.717, 1.165) is 29.4 Å². The molecule has 2 aromatic rings. The van der Waals surface area contributed by atoms with Gasteiger partial charge in [0.1, 0.15) is 0 Å². The zero-order valence-electron chi connectivity index (χ0n) is 21.2. The molecule has 0 bridgehead atoms. The molecule has 1 aromatic carbocycles. The quantitative estimate of drug-likeness (QED) is 0.418. The second kappa shape index (κ2) is 12.8. The standard InChI is InChI=1S/C27H35N3O7/c1-19(32)30-18-22(21-6-2-3-7-23(21)30)20-16-24(37-26(17-20)36-15-14-35-13-12-31)27(34)28-9-5-11-29-10-4-8-25(29)33/h2-3,6-7,16,18,20,26,31H,4-5,8-15,17H2,1H3,(H,28,34)/t20-,26+/m0/s1. The fraction of sp³-hybridized carbons (Fsp3) is 0.519. The van der Waals surface area contributed by atoms with E-state index < -0.39 is 6.29 Å². The van der Waals surface area contributed by atoms with Crippen LogP contribution in [-0.4, -0.2) is 84.6 Å². The highest BCUT2D eigenvalue weighted by atomic mass is 16.7. The first kappa shape index (κ1) is 26.8. The number of likely N-dealkylation sites (tertiary alicyclic amines) is 1. The normalized spacial score (nSPS) is 19.7. The van der Waals surface area contributed by atoms with Crippen LogP contribution < -0.4 is 5.32 Å². The second-order valence-electron chi connectivity index (χ2n) is 9.21. The second-order valence-corrected chi connectivity index (χ2v) is 9.21. The molecule has 200 valence electrons. The molecule has 2 aliphatic rings. The fourth-order valence-electron chi connectivity index (χ4n) is 4.80. The van der Waals surface area contributed by atoms with Gasteiger partial charge in [0.2, 0.25) is 18.1 Å². The molecular weight excluding hydrogens is 478 g/mol. The minimum atomic E-state index is -0.685. The first-order valence-corrected chi connectivity index (χ1v) is 12.8. The monoisotopic (exact) mass is 513 g/mol. The number of aliphatic hydroxyl groups is 1. The Morgan fingerprint density at radius 3 is 2.81 bits per heavy atom. The van der Waals surface area contributed by atoms with Crippen molar-refractivity contribution in [2.45, 2.75) is 44.8 Å². The van der Waals surface area contributed by atoms with Gasteiger partial charge in [-0.1, -0.05) is 18.2 Å². The number of rotatable bonds is 12. The van der Waals surface area contributed by atoms with Crippen LogP contribution in [0.4, 0.5) is 0 Å². The Kier molecular flexibility index (Phi) is 9.32. The van der Waals surface area contributed by atoms with Gasteiger partial charge in [0.15, 0.2) is 5.76 Å². The van der Waals surface area contributed by atoms with Crippen LogP contribution >= 0.6 is 0 Å². The molecule has 2 N–H and O–H groups in total. The van der Waals surface area contributed by atoms with E-state index in [1.807, 2.05) is 35.4 Å². The number of hydrogen-bond donors (Lipinski definition) is 2. The van der Waals surface area contributed by atoms with Gasteiger partial charge in [0.05, 0.1) is 31.9 Å². The summed E-state index contributed by atoms with van der Waals surface area (Å²) in [5.41, 5.74) is 1.72. The number of aromatic nitrogens is 1. The van der Waals surface area contributed by atoms with Crippen molar-refractivity contribution in [1.29, 1.82) is 0 Å². The summed E-state index contributed by atoms with van der Waals surface area (Å²) in [6, 6.07) is 7.67. The highest BCUT2D eigenvalue weighted by Crippen LogP contribution is 2.36. The molecule has 3 heterocycles. The third-order valence-corrected chi connectivity index (χ3v) is 6.59. The Morgan fingerprint density at radius 1 is 1.22 bits per heavy atom. The average molecular weight is 514 g/mol. The van der Waals surface area contributed by atoms with Gasteiger partial charge in [0, 0.05) is 56.9 Å². The molecule has 10 heteroatoms. The van der Waals surface area contributed by atoms with E-state index in [1.54, 1.807) is 10.6 Å². The smallest absolute Gasteiger partial charge is 0.286 e. The molecule has 2 aliphatic heterocycles. The molecule has 2 amide bonds.